The van der Waals surface area contributed by atoms with Gasteiger partial charge in [0.15, 0.2) is 0 Å². The van der Waals surface area contributed by atoms with E-state index in [9.17, 15) is 10.0 Å². The van der Waals surface area contributed by atoms with Crippen LogP contribution < -0.4 is 0 Å². The molecule has 0 unspecified atom stereocenters. The van der Waals surface area contributed by atoms with Crippen LogP contribution in [0.25, 0.3) is 0 Å². The minimum atomic E-state index is -0.0226. The summed E-state index contributed by atoms with van der Waals surface area (Å²) in [4.78, 5) is 10.1. The fraction of sp³-hybridized carbons (Fsp3) is 0.250. The quantitative estimate of drug-likeness (QED) is 0.626. The van der Waals surface area contributed by atoms with Crippen LogP contribution in [0, 0.1) is 18.8 Å². The summed E-state index contributed by atoms with van der Waals surface area (Å²) < 4.78 is 0. The van der Waals surface area contributed by atoms with Crippen molar-refractivity contribution >= 4 is 5.69 Å². The van der Waals surface area contributed by atoms with Crippen LogP contribution in [0.5, 0.6) is 5.75 Å². The van der Waals surface area contributed by atoms with Crippen molar-refractivity contribution in [2.75, 3.05) is 0 Å². The molecule has 0 aromatic heterocycles. The molecule has 1 aromatic rings. The topological polar surface area (TPSA) is 49.7 Å². The molecule has 3 heteroatoms. The summed E-state index contributed by atoms with van der Waals surface area (Å²) in [5.74, 6) is -0.0226. The largest absolute Gasteiger partial charge is 0.505 e. The second-order valence-electron chi connectivity index (χ2n) is 2.54. The first-order chi connectivity index (χ1) is 5.15. The normalized spacial score (nSPS) is 9.64. The molecule has 0 heterocycles. The molecule has 0 fully saturated rings. The average molecular weight is 151 g/mol. The van der Waals surface area contributed by atoms with Gasteiger partial charge in [0.05, 0.1) is 0 Å². The number of nitrogens with zero attached hydrogens (tertiary/aromatic N) is 1. The van der Waals surface area contributed by atoms with Crippen LogP contribution in [0.15, 0.2) is 17.3 Å². The van der Waals surface area contributed by atoms with Gasteiger partial charge in [-0.05, 0) is 36.2 Å². The SMILES string of the molecule is Cc1cc(C)c(O)c(N=O)c1. The molecule has 0 saturated heterocycles. The molecule has 0 bridgehead atoms. The molecule has 0 aliphatic carbocycles. The van der Waals surface area contributed by atoms with Gasteiger partial charge in [0.2, 0.25) is 0 Å². The number of benzene rings is 1. The third kappa shape index (κ3) is 1.37. The van der Waals surface area contributed by atoms with E-state index in [-0.39, 0.29) is 11.4 Å². The van der Waals surface area contributed by atoms with Gasteiger partial charge in [-0.15, -0.1) is 4.91 Å². The highest BCUT2D eigenvalue weighted by molar-refractivity contribution is 5.56. The molecule has 0 amide bonds. The van der Waals surface area contributed by atoms with Crippen LogP contribution in [0.1, 0.15) is 11.1 Å². The van der Waals surface area contributed by atoms with Crippen LogP contribution in [0.4, 0.5) is 5.69 Å². The van der Waals surface area contributed by atoms with Gasteiger partial charge in [-0.2, -0.15) is 0 Å². The van der Waals surface area contributed by atoms with Crippen LogP contribution in [0.2, 0.25) is 0 Å². The average Bonchev–Trinajstić information content (AvgIpc) is 1.96. The minimum absolute atomic E-state index is 0.0226. The predicted octanol–water partition coefficient (Wildman–Crippen LogP) is 2.41. The molecule has 58 valence electrons. The summed E-state index contributed by atoms with van der Waals surface area (Å²) in [6.07, 6.45) is 0. The van der Waals surface area contributed by atoms with Crippen LogP contribution in [-0.2, 0) is 0 Å². The van der Waals surface area contributed by atoms with E-state index < -0.39 is 0 Å². The van der Waals surface area contributed by atoms with Gasteiger partial charge in [0.1, 0.15) is 11.4 Å². The molecule has 0 saturated carbocycles. The van der Waals surface area contributed by atoms with Crippen molar-refractivity contribution in [1.82, 2.24) is 0 Å². The Morgan fingerprint density at radius 2 is 2.00 bits per heavy atom. The first kappa shape index (κ1) is 7.72. The molecule has 0 spiro atoms. The summed E-state index contributed by atoms with van der Waals surface area (Å²) in [6, 6.07) is 3.35. The van der Waals surface area contributed by atoms with E-state index in [4.69, 9.17) is 0 Å². The molecule has 0 aliphatic rings. The Morgan fingerprint density at radius 3 is 2.55 bits per heavy atom. The Morgan fingerprint density at radius 1 is 1.36 bits per heavy atom. The summed E-state index contributed by atoms with van der Waals surface area (Å²) in [5.41, 5.74) is 1.72. The van der Waals surface area contributed by atoms with E-state index in [0.717, 1.165) is 5.56 Å². The summed E-state index contributed by atoms with van der Waals surface area (Å²) in [7, 11) is 0. The maximum absolute atomic E-state index is 10.1. The maximum atomic E-state index is 10.1. The summed E-state index contributed by atoms with van der Waals surface area (Å²) in [6.45, 7) is 3.58. The van der Waals surface area contributed by atoms with Crippen LogP contribution in [0.3, 0.4) is 0 Å². The minimum Gasteiger partial charge on any atom is -0.505 e. The molecule has 0 atom stereocenters. The fourth-order valence-corrected chi connectivity index (χ4v) is 1.01. The van der Waals surface area contributed by atoms with Crippen molar-refractivity contribution in [1.29, 1.82) is 0 Å². The van der Waals surface area contributed by atoms with E-state index in [2.05, 4.69) is 5.18 Å². The Hall–Kier alpha value is -1.38. The molecule has 0 aliphatic heterocycles. The monoisotopic (exact) mass is 151 g/mol. The van der Waals surface area contributed by atoms with E-state index in [1.807, 2.05) is 6.92 Å². The zero-order chi connectivity index (χ0) is 8.43. The van der Waals surface area contributed by atoms with Crippen LogP contribution >= 0.6 is 0 Å². The van der Waals surface area contributed by atoms with Crippen molar-refractivity contribution in [2.45, 2.75) is 13.8 Å². The third-order valence-electron chi connectivity index (χ3n) is 1.52. The second kappa shape index (κ2) is 2.70. The lowest BCUT2D eigenvalue weighted by molar-refractivity contribution is 0.472. The third-order valence-corrected chi connectivity index (χ3v) is 1.52. The van der Waals surface area contributed by atoms with Gasteiger partial charge >= 0.3 is 0 Å². The Bertz CT molecular complexity index is 294. The van der Waals surface area contributed by atoms with Crippen LogP contribution in [-0.4, -0.2) is 5.11 Å². The summed E-state index contributed by atoms with van der Waals surface area (Å²) >= 11 is 0. The van der Waals surface area contributed by atoms with Gasteiger partial charge < -0.3 is 5.11 Å². The predicted molar refractivity (Wildman–Crippen MR) is 43.0 cm³/mol. The number of aromatic hydroxyl groups is 1. The van der Waals surface area contributed by atoms with Gasteiger partial charge in [-0.1, -0.05) is 6.07 Å². The van der Waals surface area contributed by atoms with E-state index in [0.29, 0.717) is 5.56 Å². The highest BCUT2D eigenvalue weighted by Gasteiger charge is 2.04. The van der Waals surface area contributed by atoms with Gasteiger partial charge in [-0.25, -0.2) is 0 Å². The zero-order valence-corrected chi connectivity index (χ0v) is 6.46. The number of nitroso groups, excluding NO2 is 1. The van der Waals surface area contributed by atoms with Gasteiger partial charge in [0.25, 0.3) is 0 Å². The molecular formula is C8H9NO2. The molecule has 1 aromatic carbocycles. The molecule has 3 nitrogen and oxygen atoms in total. The number of rotatable bonds is 1. The Labute approximate surface area is 64.7 Å². The lowest BCUT2D eigenvalue weighted by Crippen LogP contribution is -1.78. The number of phenolic OH excluding ortho intramolecular Hbond substituents is 1. The summed E-state index contributed by atoms with van der Waals surface area (Å²) in [5, 5.41) is 11.9. The molecule has 11 heavy (non-hydrogen) atoms. The standard InChI is InChI=1S/C8H9NO2/c1-5-3-6(2)8(10)7(4-5)9-11/h3-4,10H,1-2H3. The van der Waals surface area contributed by atoms with Gasteiger partial charge in [0, 0.05) is 0 Å². The maximum Gasteiger partial charge on any atom is 0.150 e. The zero-order valence-electron chi connectivity index (χ0n) is 6.46. The Kier molecular flexibility index (Phi) is 1.89. The molecule has 1 rings (SSSR count). The number of phenols is 1. The Balaban J connectivity index is 3.35. The van der Waals surface area contributed by atoms with Crippen molar-refractivity contribution in [3.05, 3.63) is 28.2 Å². The van der Waals surface area contributed by atoms with Gasteiger partial charge in [-0.3, -0.25) is 0 Å². The number of hydrogen-bond acceptors (Lipinski definition) is 3. The molecule has 0 radical (unpaired) electrons. The van der Waals surface area contributed by atoms with E-state index >= 15 is 0 Å². The first-order valence-electron chi connectivity index (χ1n) is 3.28. The smallest absolute Gasteiger partial charge is 0.150 e. The number of hydrogen-bond donors (Lipinski definition) is 1. The molecule has 1 N–H and O–H groups in total. The van der Waals surface area contributed by atoms with Crippen molar-refractivity contribution in [3.63, 3.8) is 0 Å². The number of aryl methyl sites for hydroxylation is 2. The van der Waals surface area contributed by atoms with Crippen molar-refractivity contribution in [2.24, 2.45) is 5.18 Å². The fourth-order valence-electron chi connectivity index (χ4n) is 1.01. The lowest BCUT2D eigenvalue weighted by atomic mass is 10.1. The molecular weight excluding hydrogens is 142 g/mol. The lowest BCUT2D eigenvalue weighted by Gasteiger charge is -2.01. The van der Waals surface area contributed by atoms with E-state index in [1.165, 1.54) is 0 Å². The first-order valence-corrected chi connectivity index (χ1v) is 3.28. The van der Waals surface area contributed by atoms with E-state index in [1.54, 1.807) is 19.1 Å². The highest BCUT2D eigenvalue weighted by atomic mass is 16.3. The van der Waals surface area contributed by atoms with Crippen molar-refractivity contribution < 1.29 is 5.11 Å². The second-order valence-corrected chi connectivity index (χ2v) is 2.54. The van der Waals surface area contributed by atoms with Crippen molar-refractivity contribution in [3.8, 4) is 5.75 Å². The highest BCUT2D eigenvalue weighted by Crippen LogP contribution is 2.30.